The topological polar surface area (TPSA) is 70.1 Å². The normalized spacial score (nSPS) is 21.9. The fraction of sp³-hybridized carbons (Fsp3) is 0.467. The average Bonchev–Trinajstić information content (AvgIpc) is 2.85. The summed E-state index contributed by atoms with van der Waals surface area (Å²) in [7, 11) is 1.81. The molecule has 1 fully saturated rings. The fourth-order valence-corrected chi connectivity index (χ4v) is 2.61. The average molecular weight is 257 g/mol. The minimum absolute atomic E-state index is 0.0101. The highest BCUT2D eigenvalue weighted by molar-refractivity contribution is 5.79. The zero-order valence-corrected chi connectivity index (χ0v) is 11.2. The molecule has 4 heteroatoms. The minimum atomic E-state index is -0.0246. The van der Waals surface area contributed by atoms with Crippen LogP contribution >= 0.6 is 0 Å². The van der Waals surface area contributed by atoms with Crippen LogP contribution < -0.4 is 5.73 Å². The molecule has 0 aliphatic heterocycles. The number of carbonyl (C=O) groups excluding carboxylic acids is 1. The number of hydrogen-bond donors (Lipinski definition) is 1. The third-order valence-corrected chi connectivity index (χ3v) is 3.77. The Morgan fingerprint density at radius 3 is 2.63 bits per heavy atom. The SMILES string of the molecule is CN(Cc1ccc(C#N)cc1)C(=O)C1CCCC1N. The quantitative estimate of drug-likeness (QED) is 0.895. The van der Waals surface area contributed by atoms with Gasteiger partial charge in [0.2, 0.25) is 5.91 Å². The Kier molecular flexibility index (Phi) is 4.18. The lowest BCUT2D eigenvalue weighted by molar-refractivity contribution is -0.134. The van der Waals surface area contributed by atoms with Crippen LogP contribution in [0.5, 0.6) is 0 Å². The van der Waals surface area contributed by atoms with Gasteiger partial charge < -0.3 is 10.6 Å². The van der Waals surface area contributed by atoms with E-state index < -0.39 is 0 Å². The molecule has 1 amide bonds. The van der Waals surface area contributed by atoms with Crippen molar-refractivity contribution in [3.8, 4) is 6.07 Å². The van der Waals surface area contributed by atoms with E-state index in [-0.39, 0.29) is 17.9 Å². The molecule has 2 N–H and O–H groups in total. The summed E-state index contributed by atoms with van der Waals surface area (Å²) in [5, 5.41) is 8.74. The molecule has 0 spiro atoms. The van der Waals surface area contributed by atoms with Crippen molar-refractivity contribution in [1.82, 2.24) is 4.90 Å². The number of nitrogens with two attached hydrogens (primary N) is 1. The third kappa shape index (κ3) is 3.12. The Hall–Kier alpha value is -1.86. The van der Waals surface area contributed by atoms with Crippen molar-refractivity contribution in [2.45, 2.75) is 31.8 Å². The largest absolute Gasteiger partial charge is 0.341 e. The maximum atomic E-state index is 12.3. The molecule has 1 aromatic carbocycles. The van der Waals surface area contributed by atoms with Crippen LogP contribution in [0.15, 0.2) is 24.3 Å². The Bertz CT molecular complexity index is 489. The van der Waals surface area contributed by atoms with Crippen molar-refractivity contribution in [2.75, 3.05) is 7.05 Å². The number of rotatable bonds is 3. The molecule has 0 aromatic heterocycles. The van der Waals surface area contributed by atoms with E-state index in [0.717, 1.165) is 24.8 Å². The highest BCUT2D eigenvalue weighted by atomic mass is 16.2. The molecule has 2 rings (SSSR count). The Morgan fingerprint density at radius 2 is 2.11 bits per heavy atom. The highest BCUT2D eigenvalue weighted by Crippen LogP contribution is 2.26. The lowest BCUT2D eigenvalue weighted by Gasteiger charge is -2.23. The molecule has 0 bridgehead atoms. The Morgan fingerprint density at radius 1 is 1.42 bits per heavy atom. The summed E-state index contributed by atoms with van der Waals surface area (Å²) in [6.07, 6.45) is 2.89. The zero-order chi connectivity index (χ0) is 13.8. The van der Waals surface area contributed by atoms with Gasteiger partial charge in [-0.2, -0.15) is 5.26 Å². The van der Waals surface area contributed by atoms with Gasteiger partial charge in [0.25, 0.3) is 0 Å². The van der Waals surface area contributed by atoms with Crippen molar-refractivity contribution < 1.29 is 4.79 Å². The molecule has 1 aliphatic carbocycles. The summed E-state index contributed by atoms with van der Waals surface area (Å²) in [5.41, 5.74) is 7.63. The first-order valence-electron chi connectivity index (χ1n) is 6.61. The molecule has 1 saturated carbocycles. The molecular weight excluding hydrogens is 238 g/mol. The maximum absolute atomic E-state index is 12.3. The molecule has 100 valence electrons. The van der Waals surface area contributed by atoms with Gasteiger partial charge in [-0.15, -0.1) is 0 Å². The second kappa shape index (κ2) is 5.85. The number of nitriles is 1. The maximum Gasteiger partial charge on any atom is 0.227 e. The van der Waals surface area contributed by atoms with Gasteiger partial charge in [0.15, 0.2) is 0 Å². The van der Waals surface area contributed by atoms with Gasteiger partial charge in [-0.25, -0.2) is 0 Å². The monoisotopic (exact) mass is 257 g/mol. The number of amides is 1. The van der Waals surface area contributed by atoms with Gasteiger partial charge in [0, 0.05) is 19.6 Å². The molecular formula is C15H19N3O. The Labute approximate surface area is 113 Å². The van der Waals surface area contributed by atoms with Crippen LogP contribution in [0.25, 0.3) is 0 Å². The standard InChI is InChI=1S/C15H19N3O/c1-18(15(19)13-3-2-4-14(13)17)10-12-7-5-11(9-16)6-8-12/h5-8,13-14H,2-4,10,17H2,1H3. The second-order valence-corrected chi connectivity index (χ2v) is 5.20. The van der Waals surface area contributed by atoms with E-state index in [1.54, 1.807) is 17.0 Å². The number of benzene rings is 1. The number of nitrogens with zero attached hydrogens (tertiary/aromatic N) is 2. The van der Waals surface area contributed by atoms with Gasteiger partial charge in [0.05, 0.1) is 17.6 Å². The molecule has 2 atom stereocenters. The Balaban J connectivity index is 1.98. The lowest BCUT2D eigenvalue weighted by Crippen LogP contribution is -2.39. The van der Waals surface area contributed by atoms with E-state index in [1.165, 1.54) is 0 Å². The predicted molar refractivity (Wildman–Crippen MR) is 72.9 cm³/mol. The van der Waals surface area contributed by atoms with Crippen LogP contribution in [-0.4, -0.2) is 23.9 Å². The van der Waals surface area contributed by atoms with Crippen molar-refractivity contribution in [3.63, 3.8) is 0 Å². The summed E-state index contributed by atoms with van der Waals surface area (Å²) in [6, 6.07) is 9.41. The smallest absolute Gasteiger partial charge is 0.227 e. The van der Waals surface area contributed by atoms with E-state index in [2.05, 4.69) is 6.07 Å². The minimum Gasteiger partial charge on any atom is -0.341 e. The summed E-state index contributed by atoms with van der Waals surface area (Å²) < 4.78 is 0. The second-order valence-electron chi connectivity index (χ2n) is 5.20. The van der Waals surface area contributed by atoms with E-state index >= 15 is 0 Å². The van der Waals surface area contributed by atoms with E-state index in [1.807, 2.05) is 19.2 Å². The molecule has 4 nitrogen and oxygen atoms in total. The van der Waals surface area contributed by atoms with Crippen LogP contribution in [0.4, 0.5) is 0 Å². The molecule has 1 aromatic rings. The van der Waals surface area contributed by atoms with Crippen molar-refractivity contribution in [1.29, 1.82) is 5.26 Å². The lowest BCUT2D eigenvalue weighted by atomic mass is 10.0. The van der Waals surface area contributed by atoms with E-state index in [9.17, 15) is 4.79 Å². The molecule has 0 saturated heterocycles. The molecule has 19 heavy (non-hydrogen) atoms. The summed E-state index contributed by atoms with van der Waals surface area (Å²) >= 11 is 0. The first kappa shape index (κ1) is 13.6. The molecule has 2 unspecified atom stereocenters. The van der Waals surface area contributed by atoms with Crippen LogP contribution in [0.2, 0.25) is 0 Å². The summed E-state index contributed by atoms with van der Waals surface area (Å²) in [5.74, 6) is 0.109. The summed E-state index contributed by atoms with van der Waals surface area (Å²) in [4.78, 5) is 14.0. The molecule has 1 aliphatic rings. The zero-order valence-electron chi connectivity index (χ0n) is 11.2. The van der Waals surface area contributed by atoms with E-state index in [4.69, 9.17) is 11.0 Å². The fourth-order valence-electron chi connectivity index (χ4n) is 2.61. The van der Waals surface area contributed by atoms with Crippen LogP contribution in [-0.2, 0) is 11.3 Å². The molecule has 0 heterocycles. The van der Waals surface area contributed by atoms with Gasteiger partial charge in [-0.3, -0.25) is 4.79 Å². The van der Waals surface area contributed by atoms with Crippen LogP contribution in [0, 0.1) is 17.2 Å². The third-order valence-electron chi connectivity index (χ3n) is 3.77. The van der Waals surface area contributed by atoms with Crippen molar-refractivity contribution in [2.24, 2.45) is 11.7 Å². The van der Waals surface area contributed by atoms with Gasteiger partial charge >= 0.3 is 0 Å². The summed E-state index contributed by atoms with van der Waals surface area (Å²) in [6.45, 7) is 0.563. The first-order chi connectivity index (χ1) is 9.11. The predicted octanol–water partition coefficient (Wildman–Crippen LogP) is 1.64. The highest BCUT2D eigenvalue weighted by Gasteiger charge is 2.32. The van der Waals surface area contributed by atoms with Crippen molar-refractivity contribution >= 4 is 5.91 Å². The van der Waals surface area contributed by atoms with Crippen LogP contribution in [0.3, 0.4) is 0 Å². The van der Waals surface area contributed by atoms with Gasteiger partial charge in [0.1, 0.15) is 0 Å². The van der Waals surface area contributed by atoms with E-state index in [0.29, 0.717) is 12.1 Å². The number of hydrogen-bond acceptors (Lipinski definition) is 3. The van der Waals surface area contributed by atoms with Crippen LogP contribution in [0.1, 0.15) is 30.4 Å². The number of carbonyl (C=O) groups is 1. The van der Waals surface area contributed by atoms with Gasteiger partial charge in [-0.05, 0) is 30.5 Å². The van der Waals surface area contributed by atoms with Gasteiger partial charge in [-0.1, -0.05) is 18.6 Å². The first-order valence-corrected chi connectivity index (χ1v) is 6.61. The van der Waals surface area contributed by atoms with Crippen molar-refractivity contribution in [3.05, 3.63) is 35.4 Å². The molecule has 0 radical (unpaired) electrons.